The number of carbonyl (C=O) groups is 2. The number of hydrogen-bond acceptors (Lipinski definition) is 7. The molecule has 0 aliphatic carbocycles. The monoisotopic (exact) mass is 302 g/mol. The van der Waals surface area contributed by atoms with Gasteiger partial charge in [0.25, 0.3) is 23.5 Å². The Morgan fingerprint density at radius 3 is 2.00 bits per heavy atom. The lowest BCUT2D eigenvalue weighted by molar-refractivity contribution is 0.0914. The van der Waals surface area contributed by atoms with Crippen molar-refractivity contribution in [2.45, 2.75) is 6.54 Å². The minimum Gasteiger partial charge on any atom is -0.395 e. The Morgan fingerprint density at radius 1 is 0.909 bits per heavy atom. The Bertz CT molecular complexity index is 632. The van der Waals surface area contributed by atoms with Crippen molar-refractivity contribution >= 4 is 11.8 Å². The van der Waals surface area contributed by atoms with E-state index in [1.165, 1.54) is 0 Å². The van der Waals surface area contributed by atoms with Crippen LogP contribution in [0.5, 0.6) is 0 Å². The van der Waals surface area contributed by atoms with Gasteiger partial charge in [-0.3, -0.25) is 9.59 Å². The van der Waals surface area contributed by atoms with E-state index in [9.17, 15) is 9.59 Å². The number of nitrogens with zero attached hydrogens (tertiary/aromatic N) is 4. The third kappa shape index (κ3) is 4.28. The Morgan fingerprint density at radius 2 is 1.45 bits per heavy atom. The number of aliphatic hydroxyl groups is 1. The Balaban J connectivity index is 1.92. The van der Waals surface area contributed by atoms with Gasteiger partial charge >= 0.3 is 0 Å². The van der Waals surface area contributed by atoms with Crippen LogP contribution in [0, 0.1) is 0 Å². The maximum absolute atomic E-state index is 11.8. The number of aliphatic hydroxyl groups excluding tert-OH is 1. The molecule has 1 heterocycles. The average Bonchev–Trinajstić information content (AvgIpc) is 2.58. The van der Waals surface area contributed by atoms with E-state index >= 15 is 0 Å². The molecule has 0 saturated carbocycles. The van der Waals surface area contributed by atoms with Crippen LogP contribution in [0.3, 0.4) is 0 Å². The van der Waals surface area contributed by atoms with Gasteiger partial charge in [0.15, 0.2) is 0 Å². The molecule has 9 heteroatoms. The zero-order valence-electron chi connectivity index (χ0n) is 11.6. The summed E-state index contributed by atoms with van der Waals surface area (Å²) in [6, 6.07) is 9.34. The zero-order valence-corrected chi connectivity index (χ0v) is 11.6. The molecule has 0 aliphatic rings. The second-order valence-corrected chi connectivity index (χ2v) is 4.19. The van der Waals surface area contributed by atoms with Gasteiger partial charge in [0.2, 0.25) is 0 Å². The summed E-state index contributed by atoms with van der Waals surface area (Å²) >= 11 is 0. The molecule has 0 spiro atoms. The maximum Gasteiger partial charge on any atom is 0.293 e. The van der Waals surface area contributed by atoms with Crippen molar-refractivity contribution in [2.75, 3.05) is 13.2 Å². The molecule has 1 aromatic heterocycles. The normalized spacial score (nSPS) is 10.0. The van der Waals surface area contributed by atoms with Crippen LogP contribution in [0.4, 0.5) is 0 Å². The van der Waals surface area contributed by atoms with Gasteiger partial charge in [-0.25, -0.2) is 0 Å². The first-order chi connectivity index (χ1) is 10.7. The van der Waals surface area contributed by atoms with Gasteiger partial charge in [-0.2, -0.15) is 0 Å². The minimum atomic E-state index is -0.620. The summed E-state index contributed by atoms with van der Waals surface area (Å²) < 4.78 is 0. The first-order valence-corrected chi connectivity index (χ1v) is 6.49. The second kappa shape index (κ2) is 7.74. The number of rotatable bonds is 6. The SMILES string of the molecule is O=C(NCCO)c1nnc(C(=O)NCc2ccccc2)nn1. The van der Waals surface area contributed by atoms with Crippen molar-refractivity contribution in [3.63, 3.8) is 0 Å². The fourth-order valence-electron chi connectivity index (χ4n) is 1.52. The van der Waals surface area contributed by atoms with Crippen molar-refractivity contribution in [3.05, 3.63) is 47.5 Å². The summed E-state index contributed by atoms with van der Waals surface area (Å²) in [7, 11) is 0. The number of aromatic nitrogens is 4. The number of benzene rings is 1. The van der Waals surface area contributed by atoms with Gasteiger partial charge in [-0.1, -0.05) is 30.3 Å². The summed E-state index contributed by atoms with van der Waals surface area (Å²) in [6.07, 6.45) is 0. The van der Waals surface area contributed by atoms with Crippen LogP contribution in [0.25, 0.3) is 0 Å². The van der Waals surface area contributed by atoms with Crippen molar-refractivity contribution in [3.8, 4) is 0 Å². The number of hydrogen-bond donors (Lipinski definition) is 3. The molecule has 0 aliphatic heterocycles. The highest BCUT2D eigenvalue weighted by molar-refractivity contribution is 5.91. The smallest absolute Gasteiger partial charge is 0.293 e. The second-order valence-electron chi connectivity index (χ2n) is 4.19. The van der Waals surface area contributed by atoms with E-state index in [-0.39, 0.29) is 24.8 Å². The predicted molar refractivity (Wildman–Crippen MR) is 74.7 cm³/mol. The molecule has 0 radical (unpaired) electrons. The zero-order chi connectivity index (χ0) is 15.8. The molecule has 0 saturated heterocycles. The summed E-state index contributed by atoms with van der Waals surface area (Å²) in [5.41, 5.74) is 0.928. The van der Waals surface area contributed by atoms with Crippen LogP contribution >= 0.6 is 0 Å². The minimum absolute atomic E-state index is 0.0709. The Hall–Kier alpha value is -2.94. The summed E-state index contributed by atoms with van der Waals surface area (Å²) in [5.74, 6) is -1.65. The van der Waals surface area contributed by atoms with Gasteiger partial charge in [-0.15, -0.1) is 20.4 Å². The molecule has 114 valence electrons. The molecule has 3 N–H and O–H groups in total. The first-order valence-electron chi connectivity index (χ1n) is 6.49. The standard InChI is InChI=1S/C13H14N6O3/c20-7-6-14-12(21)10-16-18-11(19-17-10)13(22)15-8-9-4-2-1-3-5-9/h1-5,20H,6-8H2,(H,14,21)(H,15,22). The molecule has 1 aromatic carbocycles. The van der Waals surface area contributed by atoms with Gasteiger partial charge in [0.05, 0.1) is 6.61 Å². The fraction of sp³-hybridized carbons (Fsp3) is 0.231. The molecular formula is C13H14N6O3. The van der Waals surface area contributed by atoms with Crippen LogP contribution in [0.1, 0.15) is 26.8 Å². The number of amides is 2. The Labute approximate surface area is 125 Å². The first kappa shape index (κ1) is 15.4. The van der Waals surface area contributed by atoms with Crippen LogP contribution in [0.15, 0.2) is 30.3 Å². The van der Waals surface area contributed by atoms with Gasteiger partial charge in [-0.05, 0) is 5.56 Å². The van der Waals surface area contributed by atoms with Gasteiger partial charge in [0, 0.05) is 13.1 Å². The number of nitrogens with one attached hydrogen (secondary N) is 2. The highest BCUT2D eigenvalue weighted by Crippen LogP contribution is 1.98. The summed E-state index contributed by atoms with van der Waals surface area (Å²) in [5, 5.41) is 27.7. The van der Waals surface area contributed by atoms with E-state index in [0.717, 1.165) is 5.56 Å². The maximum atomic E-state index is 11.8. The Kier molecular flexibility index (Phi) is 5.44. The third-order valence-corrected chi connectivity index (χ3v) is 2.58. The molecule has 2 aromatic rings. The quantitative estimate of drug-likeness (QED) is 0.618. The van der Waals surface area contributed by atoms with E-state index in [2.05, 4.69) is 31.0 Å². The summed E-state index contributed by atoms with van der Waals surface area (Å²) in [4.78, 5) is 23.3. The molecule has 22 heavy (non-hydrogen) atoms. The summed E-state index contributed by atoms with van der Waals surface area (Å²) in [6.45, 7) is 0.190. The number of carbonyl (C=O) groups excluding carboxylic acids is 2. The molecule has 0 bridgehead atoms. The molecule has 2 rings (SSSR count). The highest BCUT2D eigenvalue weighted by Gasteiger charge is 2.14. The predicted octanol–water partition coefficient (Wildman–Crippen LogP) is -1.08. The topological polar surface area (TPSA) is 130 Å². The van der Waals surface area contributed by atoms with Crippen molar-refractivity contribution in [1.29, 1.82) is 0 Å². The molecule has 0 unspecified atom stereocenters. The molecule has 0 atom stereocenters. The molecule has 0 fully saturated rings. The fourth-order valence-corrected chi connectivity index (χ4v) is 1.52. The average molecular weight is 302 g/mol. The van der Waals surface area contributed by atoms with E-state index in [4.69, 9.17) is 5.11 Å². The van der Waals surface area contributed by atoms with Crippen molar-refractivity contribution in [2.24, 2.45) is 0 Å². The van der Waals surface area contributed by atoms with Crippen molar-refractivity contribution < 1.29 is 14.7 Å². The lowest BCUT2D eigenvalue weighted by Crippen LogP contribution is -2.30. The highest BCUT2D eigenvalue weighted by atomic mass is 16.3. The van der Waals surface area contributed by atoms with Crippen LogP contribution < -0.4 is 10.6 Å². The third-order valence-electron chi connectivity index (χ3n) is 2.58. The van der Waals surface area contributed by atoms with E-state index in [1.54, 1.807) is 0 Å². The van der Waals surface area contributed by atoms with Crippen LogP contribution in [0.2, 0.25) is 0 Å². The lowest BCUT2D eigenvalue weighted by Gasteiger charge is -2.04. The van der Waals surface area contributed by atoms with E-state index in [0.29, 0.717) is 6.54 Å². The van der Waals surface area contributed by atoms with Crippen molar-refractivity contribution in [1.82, 2.24) is 31.0 Å². The van der Waals surface area contributed by atoms with E-state index < -0.39 is 11.8 Å². The molecule has 2 amide bonds. The largest absolute Gasteiger partial charge is 0.395 e. The van der Waals surface area contributed by atoms with Gasteiger partial charge in [0.1, 0.15) is 0 Å². The van der Waals surface area contributed by atoms with E-state index in [1.807, 2.05) is 30.3 Å². The van der Waals surface area contributed by atoms with Gasteiger partial charge < -0.3 is 15.7 Å². The molecule has 9 nitrogen and oxygen atoms in total. The lowest BCUT2D eigenvalue weighted by atomic mass is 10.2. The van der Waals surface area contributed by atoms with Crippen LogP contribution in [-0.2, 0) is 6.54 Å². The molecular weight excluding hydrogens is 288 g/mol. The van der Waals surface area contributed by atoms with Crippen LogP contribution in [-0.4, -0.2) is 50.5 Å².